The number of nitrogens with zero attached hydrogens (tertiary/aromatic N) is 2. The molecular formula is C27H23N3O4S. The highest BCUT2D eigenvalue weighted by molar-refractivity contribution is 7.20. The number of amides is 1. The van der Waals surface area contributed by atoms with E-state index in [9.17, 15) is 4.79 Å². The first-order valence-corrected chi connectivity index (χ1v) is 11.7. The number of carbonyl (C=O) groups is 1. The van der Waals surface area contributed by atoms with Crippen LogP contribution in [-0.2, 0) is 7.05 Å². The number of methoxy groups -OCH3 is 2. The molecule has 2 heterocycles. The SMILES string of the molecule is COc1ccc(-c2nn(C)c3sc(C(=O)Nc4ccc(Oc5ccccc5)cc4)cc23)cc1OC. The van der Waals surface area contributed by atoms with E-state index in [1.807, 2.05) is 85.9 Å². The summed E-state index contributed by atoms with van der Waals surface area (Å²) in [5, 5.41) is 8.53. The zero-order valence-electron chi connectivity index (χ0n) is 19.4. The number of ether oxygens (including phenoxy) is 3. The first-order chi connectivity index (χ1) is 17.1. The minimum absolute atomic E-state index is 0.179. The normalized spacial score (nSPS) is 10.8. The summed E-state index contributed by atoms with van der Waals surface area (Å²) < 4.78 is 18.4. The zero-order chi connectivity index (χ0) is 24.4. The number of aryl methyl sites for hydroxylation is 1. The molecule has 0 saturated carbocycles. The smallest absolute Gasteiger partial charge is 0.265 e. The van der Waals surface area contributed by atoms with E-state index >= 15 is 0 Å². The zero-order valence-corrected chi connectivity index (χ0v) is 20.3. The van der Waals surface area contributed by atoms with Gasteiger partial charge in [-0.25, -0.2) is 0 Å². The molecule has 0 fully saturated rings. The molecule has 0 atom stereocenters. The Morgan fingerprint density at radius 1 is 0.886 bits per heavy atom. The van der Waals surface area contributed by atoms with E-state index in [2.05, 4.69) is 10.4 Å². The van der Waals surface area contributed by atoms with Crippen LogP contribution in [0.5, 0.6) is 23.0 Å². The fraction of sp³-hybridized carbons (Fsp3) is 0.111. The average Bonchev–Trinajstić information content (AvgIpc) is 3.46. The average molecular weight is 486 g/mol. The third-order valence-electron chi connectivity index (χ3n) is 5.48. The molecule has 2 aromatic heterocycles. The third kappa shape index (κ3) is 4.56. The molecule has 0 aliphatic carbocycles. The topological polar surface area (TPSA) is 74.6 Å². The highest BCUT2D eigenvalue weighted by atomic mass is 32.1. The molecule has 7 nitrogen and oxygen atoms in total. The molecule has 3 aromatic carbocycles. The summed E-state index contributed by atoms with van der Waals surface area (Å²) in [6, 6.07) is 24.4. The van der Waals surface area contributed by atoms with Gasteiger partial charge in [0.2, 0.25) is 0 Å². The summed E-state index contributed by atoms with van der Waals surface area (Å²) in [6.07, 6.45) is 0. The van der Waals surface area contributed by atoms with Crippen LogP contribution in [0.3, 0.4) is 0 Å². The van der Waals surface area contributed by atoms with Crippen molar-refractivity contribution in [2.24, 2.45) is 7.05 Å². The maximum Gasteiger partial charge on any atom is 0.265 e. The van der Waals surface area contributed by atoms with Gasteiger partial charge in [0.1, 0.15) is 22.0 Å². The van der Waals surface area contributed by atoms with Gasteiger partial charge in [0.05, 0.1) is 19.1 Å². The number of thiophene rings is 1. The molecule has 5 aromatic rings. The van der Waals surface area contributed by atoms with Crippen molar-refractivity contribution in [3.63, 3.8) is 0 Å². The van der Waals surface area contributed by atoms with Crippen LogP contribution in [-0.4, -0.2) is 29.9 Å². The van der Waals surface area contributed by atoms with Gasteiger partial charge < -0.3 is 19.5 Å². The molecule has 5 rings (SSSR count). The maximum atomic E-state index is 13.0. The Labute approximate surface area is 206 Å². The van der Waals surface area contributed by atoms with Gasteiger partial charge in [0.25, 0.3) is 5.91 Å². The Morgan fingerprint density at radius 2 is 1.60 bits per heavy atom. The molecule has 1 amide bonds. The molecule has 8 heteroatoms. The molecule has 0 unspecified atom stereocenters. The molecular weight excluding hydrogens is 462 g/mol. The molecule has 176 valence electrons. The quantitative estimate of drug-likeness (QED) is 0.290. The fourth-order valence-corrected chi connectivity index (χ4v) is 4.74. The van der Waals surface area contributed by atoms with Crippen molar-refractivity contribution in [1.29, 1.82) is 0 Å². The van der Waals surface area contributed by atoms with Crippen LogP contribution in [0.2, 0.25) is 0 Å². The van der Waals surface area contributed by atoms with E-state index in [4.69, 9.17) is 14.2 Å². The van der Waals surface area contributed by atoms with Crippen LogP contribution in [0.1, 0.15) is 9.67 Å². The van der Waals surface area contributed by atoms with Gasteiger partial charge >= 0.3 is 0 Å². The van der Waals surface area contributed by atoms with E-state index in [0.29, 0.717) is 27.8 Å². The highest BCUT2D eigenvalue weighted by Gasteiger charge is 2.19. The van der Waals surface area contributed by atoms with Crippen molar-refractivity contribution in [1.82, 2.24) is 9.78 Å². The lowest BCUT2D eigenvalue weighted by Crippen LogP contribution is -2.09. The molecule has 0 radical (unpaired) electrons. The summed E-state index contributed by atoms with van der Waals surface area (Å²) >= 11 is 1.40. The molecule has 0 aliphatic rings. The number of nitrogens with one attached hydrogen (secondary N) is 1. The predicted molar refractivity (Wildman–Crippen MR) is 138 cm³/mol. The summed E-state index contributed by atoms with van der Waals surface area (Å²) in [5.41, 5.74) is 2.35. The van der Waals surface area contributed by atoms with Gasteiger partial charge in [-0.15, -0.1) is 11.3 Å². The van der Waals surface area contributed by atoms with Crippen LogP contribution in [0, 0.1) is 0 Å². The van der Waals surface area contributed by atoms with Crippen molar-refractivity contribution in [3.8, 4) is 34.3 Å². The fourth-order valence-electron chi connectivity index (χ4n) is 3.77. The number of hydrogen-bond acceptors (Lipinski definition) is 6. The summed E-state index contributed by atoms with van der Waals surface area (Å²) in [7, 11) is 5.07. The number of hydrogen-bond donors (Lipinski definition) is 1. The van der Waals surface area contributed by atoms with Crippen LogP contribution < -0.4 is 19.5 Å². The lowest BCUT2D eigenvalue weighted by molar-refractivity contribution is 0.103. The second-order valence-corrected chi connectivity index (χ2v) is 8.80. The second-order valence-electron chi connectivity index (χ2n) is 7.77. The summed E-state index contributed by atoms with van der Waals surface area (Å²) in [5.74, 6) is 2.54. The standard InChI is InChI=1S/C27H23N3O4S/c1-30-27-21(25(29-30)17-9-14-22(32-2)23(15-17)33-3)16-24(35-27)26(31)28-18-10-12-20(13-11-18)34-19-7-5-4-6-8-19/h4-16H,1-3H3,(H,28,31). The Hall–Kier alpha value is -4.30. The number of anilines is 1. The Balaban J connectivity index is 1.36. The van der Waals surface area contributed by atoms with Crippen molar-refractivity contribution in [3.05, 3.63) is 83.7 Å². The molecule has 0 saturated heterocycles. The van der Waals surface area contributed by atoms with Crippen molar-refractivity contribution >= 4 is 33.1 Å². The van der Waals surface area contributed by atoms with Crippen LogP contribution >= 0.6 is 11.3 Å². The lowest BCUT2D eigenvalue weighted by atomic mass is 10.1. The monoisotopic (exact) mass is 485 g/mol. The number of rotatable bonds is 7. The maximum absolute atomic E-state index is 13.0. The van der Waals surface area contributed by atoms with Gasteiger partial charge in [-0.2, -0.15) is 5.10 Å². The summed E-state index contributed by atoms with van der Waals surface area (Å²) in [6.45, 7) is 0. The van der Waals surface area contributed by atoms with Gasteiger partial charge in [0.15, 0.2) is 11.5 Å². The minimum Gasteiger partial charge on any atom is -0.493 e. The van der Waals surface area contributed by atoms with Crippen LogP contribution in [0.15, 0.2) is 78.9 Å². The van der Waals surface area contributed by atoms with Gasteiger partial charge in [-0.3, -0.25) is 9.48 Å². The van der Waals surface area contributed by atoms with E-state index in [0.717, 1.165) is 27.2 Å². The van der Waals surface area contributed by atoms with E-state index in [1.165, 1.54) is 11.3 Å². The molecule has 0 aliphatic heterocycles. The van der Waals surface area contributed by atoms with Crippen LogP contribution in [0.4, 0.5) is 5.69 Å². The first-order valence-electron chi connectivity index (χ1n) is 10.9. The van der Waals surface area contributed by atoms with Gasteiger partial charge in [-0.1, -0.05) is 18.2 Å². The number of aromatic nitrogens is 2. The number of para-hydroxylation sites is 1. The number of benzene rings is 3. The lowest BCUT2D eigenvalue weighted by Gasteiger charge is -2.08. The van der Waals surface area contributed by atoms with Crippen LogP contribution in [0.25, 0.3) is 21.5 Å². The predicted octanol–water partition coefficient (Wildman–Crippen LogP) is 6.36. The van der Waals surface area contributed by atoms with E-state index < -0.39 is 0 Å². The van der Waals surface area contributed by atoms with Crippen molar-refractivity contribution < 1.29 is 19.0 Å². The van der Waals surface area contributed by atoms with Crippen molar-refractivity contribution in [2.75, 3.05) is 19.5 Å². The molecule has 0 spiro atoms. The van der Waals surface area contributed by atoms with Gasteiger partial charge in [-0.05, 0) is 60.7 Å². The number of carbonyl (C=O) groups excluding carboxylic acids is 1. The largest absolute Gasteiger partial charge is 0.493 e. The molecule has 35 heavy (non-hydrogen) atoms. The van der Waals surface area contributed by atoms with E-state index in [-0.39, 0.29) is 5.91 Å². The second kappa shape index (κ2) is 9.52. The highest BCUT2D eigenvalue weighted by Crippen LogP contribution is 2.37. The van der Waals surface area contributed by atoms with E-state index in [1.54, 1.807) is 18.9 Å². The Kier molecular flexibility index (Phi) is 6.12. The minimum atomic E-state index is -0.179. The van der Waals surface area contributed by atoms with Crippen molar-refractivity contribution in [2.45, 2.75) is 0 Å². The Bertz CT molecular complexity index is 1490. The molecule has 1 N–H and O–H groups in total. The number of fused-ring (bicyclic) bond motifs is 1. The third-order valence-corrected chi connectivity index (χ3v) is 6.68. The van der Waals surface area contributed by atoms with Gasteiger partial charge in [0, 0.05) is 23.7 Å². The first kappa shape index (κ1) is 22.5. The summed E-state index contributed by atoms with van der Waals surface area (Å²) in [4.78, 5) is 14.5. The Morgan fingerprint density at radius 3 is 2.31 bits per heavy atom. The molecule has 0 bridgehead atoms.